The molecule has 0 saturated carbocycles. The van der Waals surface area contributed by atoms with Gasteiger partial charge in [0, 0.05) is 17.8 Å². The summed E-state index contributed by atoms with van der Waals surface area (Å²) in [7, 11) is 0. The molecule has 0 atom stereocenters. The van der Waals surface area contributed by atoms with Gasteiger partial charge in [-0.3, -0.25) is 9.59 Å². The largest absolute Gasteiger partial charge is 0.309 e. The number of pyridine rings is 1. The molecule has 132 valence electrons. The molecule has 2 aromatic heterocycles. The van der Waals surface area contributed by atoms with Crippen molar-refractivity contribution in [2.45, 2.75) is 6.54 Å². The van der Waals surface area contributed by atoms with Crippen molar-refractivity contribution in [3.05, 3.63) is 89.3 Å². The van der Waals surface area contributed by atoms with Crippen molar-refractivity contribution >= 4 is 22.5 Å². The molecule has 0 bridgehead atoms. The summed E-state index contributed by atoms with van der Waals surface area (Å²) in [6.45, 7) is -0.184. The average molecular weight is 356 g/mol. The Labute approximate surface area is 155 Å². The number of anilines is 1. The summed E-state index contributed by atoms with van der Waals surface area (Å²) in [5, 5.41) is 9.22. The van der Waals surface area contributed by atoms with E-state index < -0.39 is 0 Å². The summed E-state index contributed by atoms with van der Waals surface area (Å²) in [5.41, 5.74) is 1.18. The maximum Gasteiger partial charge on any atom is 0.267 e. The van der Waals surface area contributed by atoms with Crippen LogP contribution >= 0.6 is 0 Å². The van der Waals surface area contributed by atoms with Crippen LogP contribution in [0.2, 0.25) is 0 Å². The van der Waals surface area contributed by atoms with E-state index in [4.69, 9.17) is 0 Å². The van der Waals surface area contributed by atoms with Crippen molar-refractivity contribution in [1.29, 1.82) is 0 Å². The number of carbonyl (C=O) groups is 1. The van der Waals surface area contributed by atoms with Crippen LogP contribution < -0.4 is 10.9 Å². The molecule has 27 heavy (non-hydrogen) atoms. The first kappa shape index (κ1) is 16.7. The highest BCUT2D eigenvalue weighted by molar-refractivity contribution is 5.89. The van der Waals surface area contributed by atoms with Crippen molar-refractivity contribution in [1.82, 2.24) is 14.8 Å². The summed E-state index contributed by atoms with van der Waals surface area (Å²) < 4.78 is 1.16. The molecule has 0 fully saturated rings. The first-order valence-electron chi connectivity index (χ1n) is 8.47. The number of fused-ring (bicyclic) bond motifs is 1. The molecule has 0 aliphatic rings. The monoisotopic (exact) mass is 356 g/mol. The van der Waals surface area contributed by atoms with Crippen LogP contribution in [0.4, 0.5) is 5.82 Å². The Balaban J connectivity index is 1.60. The topological polar surface area (TPSA) is 76.9 Å². The minimum atomic E-state index is -0.362. The molecular weight excluding hydrogens is 340 g/mol. The van der Waals surface area contributed by atoms with Gasteiger partial charge in [0.05, 0.1) is 5.69 Å². The zero-order valence-electron chi connectivity index (χ0n) is 14.4. The number of nitrogens with zero attached hydrogens (tertiary/aromatic N) is 3. The van der Waals surface area contributed by atoms with Gasteiger partial charge in [0.1, 0.15) is 12.4 Å². The quantitative estimate of drug-likeness (QED) is 0.610. The maximum absolute atomic E-state index is 12.2. The molecule has 1 N–H and O–H groups in total. The Morgan fingerprint density at radius 1 is 0.926 bits per heavy atom. The lowest BCUT2D eigenvalue weighted by molar-refractivity contribution is -0.117. The third kappa shape index (κ3) is 3.74. The van der Waals surface area contributed by atoms with Crippen LogP contribution in [0.1, 0.15) is 0 Å². The van der Waals surface area contributed by atoms with Gasteiger partial charge in [0.25, 0.3) is 5.56 Å². The molecule has 4 rings (SSSR count). The Hall–Kier alpha value is -3.80. The van der Waals surface area contributed by atoms with Gasteiger partial charge in [-0.05, 0) is 35.0 Å². The van der Waals surface area contributed by atoms with E-state index in [0.717, 1.165) is 21.0 Å². The second-order valence-electron chi connectivity index (χ2n) is 6.04. The lowest BCUT2D eigenvalue weighted by atomic mass is 10.1. The number of hydrogen-bond acceptors (Lipinski definition) is 4. The SMILES string of the molecule is O=C(Cn1nc(-c2ccc3ccccc3c2)ccc1=O)Nc1ccccn1. The zero-order chi connectivity index (χ0) is 18.6. The number of amides is 1. The van der Waals surface area contributed by atoms with Crippen LogP contribution in [0.3, 0.4) is 0 Å². The fourth-order valence-electron chi connectivity index (χ4n) is 2.82. The molecule has 1 amide bonds. The van der Waals surface area contributed by atoms with Gasteiger partial charge in [-0.25, -0.2) is 9.67 Å². The highest BCUT2D eigenvalue weighted by Crippen LogP contribution is 2.22. The molecule has 0 saturated heterocycles. The number of hydrogen-bond donors (Lipinski definition) is 1. The molecule has 6 nitrogen and oxygen atoms in total. The first-order valence-corrected chi connectivity index (χ1v) is 8.47. The Kier molecular flexibility index (Phi) is 4.45. The van der Waals surface area contributed by atoms with E-state index in [0.29, 0.717) is 11.5 Å². The minimum absolute atomic E-state index is 0.184. The number of rotatable bonds is 4. The van der Waals surface area contributed by atoms with Crippen LogP contribution in [0.25, 0.3) is 22.0 Å². The number of carbonyl (C=O) groups excluding carboxylic acids is 1. The van der Waals surface area contributed by atoms with Gasteiger partial charge in [-0.1, -0.05) is 42.5 Å². The molecule has 6 heteroatoms. The smallest absolute Gasteiger partial charge is 0.267 e. The predicted octanol–water partition coefficient (Wildman–Crippen LogP) is 3.10. The second kappa shape index (κ2) is 7.21. The van der Waals surface area contributed by atoms with E-state index in [2.05, 4.69) is 15.4 Å². The molecule has 0 unspecified atom stereocenters. The number of aromatic nitrogens is 3. The minimum Gasteiger partial charge on any atom is -0.309 e. The van der Waals surface area contributed by atoms with Gasteiger partial charge in [-0.2, -0.15) is 5.10 Å². The summed E-state index contributed by atoms with van der Waals surface area (Å²) in [6.07, 6.45) is 1.58. The van der Waals surface area contributed by atoms with Gasteiger partial charge in [0.2, 0.25) is 5.91 Å². The highest BCUT2D eigenvalue weighted by Gasteiger charge is 2.09. The van der Waals surface area contributed by atoms with Crippen molar-refractivity contribution in [2.24, 2.45) is 0 Å². The molecule has 0 radical (unpaired) electrons. The van der Waals surface area contributed by atoms with Crippen LogP contribution in [0.15, 0.2) is 83.8 Å². The molecule has 2 heterocycles. The summed E-state index contributed by atoms with van der Waals surface area (Å²) in [5.74, 6) is 0.0696. The zero-order valence-corrected chi connectivity index (χ0v) is 14.4. The van der Waals surface area contributed by atoms with E-state index in [9.17, 15) is 9.59 Å². The third-order valence-electron chi connectivity index (χ3n) is 4.14. The normalized spacial score (nSPS) is 10.7. The molecule has 4 aromatic rings. The van der Waals surface area contributed by atoms with E-state index in [1.807, 2.05) is 42.5 Å². The van der Waals surface area contributed by atoms with E-state index in [1.165, 1.54) is 6.07 Å². The van der Waals surface area contributed by atoms with Gasteiger partial charge in [-0.15, -0.1) is 0 Å². The van der Waals surface area contributed by atoms with Gasteiger partial charge in [0.15, 0.2) is 0 Å². The van der Waals surface area contributed by atoms with E-state index in [-0.39, 0.29) is 18.0 Å². The molecule has 2 aromatic carbocycles. The van der Waals surface area contributed by atoms with Crippen LogP contribution in [0.5, 0.6) is 0 Å². The number of nitrogens with one attached hydrogen (secondary N) is 1. The lowest BCUT2D eigenvalue weighted by Crippen LogP contribution is -2.29. The molecule has 0 aliphatic heterocycles. The van der Waals surface area contributed by atoms with E-state index >= 15 is 0 Å². The van der Waals surface area contributed by atoms with Gasteiger partial charge >= 0.3 is 0 Å². The van der Waals surface area contributed by atoms with Crippen molar-refractivity contribution < 1.29 is 4.79 Å². The standard InChI is InChI=1S/C21H16N4O2/c26-20(23-19-7-3-4-12-22-19)14-25-21(27)11-10-18(24-25)17-9-8-15-5-1-2-6-16(15)13-17/h1-13H,14H2,(H,22,23,26). The van der Waals surface area contributed by atoms with Crippen LogP contribution in [0, 0.1) is 0 Å². The van der Waals surface area contributed by atoms with Gasteiger partial charge < -0.3 is 5.32 Å². The fourth-order valence-corrected chi connectivity index (χ4v) is 2.82. The van der Waals surface area contributed by atoms with Crippen molar-refractivity contribution in [3.8, 4) is 11.3 Å². The predicted molar refractivity (Wildman–Crippen MR) is 104 cm³/mol. The van der Waals surface area contributed by atoms with Crippen molar-refractivity contribution in [2.75, 3.05) is 5.32 Å². The first-order chi connectivity index (χ1) is 13.2. The molecule has 0 aliphatic carbocycles. The third-order valence-corrected chi connectivity index (χ3v) is 4.14. The summed E-state index contributed by atoms with van der Waals surface area (Å²) in [6, 6.07) is 22.3. The Morgan fingerprint density at radius 3 is 2.56 bits per heavy atom. The Morgan fingerprint density at radius 2 is 1.74 bits per heavy atom. The summed E-state index contributed by atoms with van der Waals surface area (Å²) in [4.78, 5) is 28.4. The highest BCUT2D eigenvalue weighted by atomic mass is 16.2. The molecule has 0 spiro atoms. The second-order valence-corrected chi connectivity index (χ2v) is 6.04. The lowest BCUT2D eigenvalue weighted by Gasteiger charge is -2.08. The Bertz CT molecular complexity index is 1170. The fraction of sp³-hybridized carbons (Fsp3) is 0.0476. The maximum atomic E-state index is 12.2. The van der Waals surface area contributed by atoms with Crippen LogP contribution in [-0.2, 0) is 11.3 Å². The summed E-state index contributed by atoms with van der Waals surface area (Å²) >= 11 is 0. The van der Waals surface area contributed by atoms with E-state index in [1.54, 1.807) is 30.5 Å². The molecular formula is C21H16N4O2. The average Bonchev–Trinajstić information content (AvgIpc) is 2.70. The number of benzene rings is 2. The van der Waals surface area contributed by atoms with Crippen LogP contribution in [-0.4, -0.2) is 20.7 Å². The van der Waals surface area contributed by atoms with Crippen molar-refractivity contribution in [3.63, 3.8) is 0 Å².